The molecule has 1 atom stereocenters. The van der Waals surface area contributed by atoms with Crippen molar-refractivity contribution in [1.29, 1.82) is 0 Å². The Labute approximate surface area is 167 Å². The van der Waals surface area contributed by atoms with Gasteiger partial charge in [0.25, 0.3) is 0 Å². The van der Waals surface area contributed by atoms with E-state index in [-0.39, 0.29) is 23.9 Å². The van der Waals surface area contributed by atoms with E-state index in [1.165, 1.54) is 24.3 Å². The SMILES string of the molecule is O=C(CCc1ccc(F)cc1)NC(c1ccccc1)c1ccc(OC(F)F)cc1. The lowest BCUT2D eigenvalue weighted by atomic mass is 9.98. The van der Waals surface area contributed by atoms with E-state index in [0.717, 1.165) is 16.7 Å². The van der Waals surface area contributed by atoms with E-state index in [4.69, 9.17) is 0 Å². The third-order valence-corrected chi connectivity index (χ3v) is 4.43. The zero-order chi connectivity index (χ0) is 20.6. The van der Waals surface area contributed by atoms with Gasteiger partial charge in [-0.3, -0.25) is 4.79 Å². The van der Waals surface area contributed by atoms with Gasteiger partial charge in [-0.05, 0) is 47.4 Å². The average Bonchev–Trinajstić information content (AvgIpc) is 2.72. The van der Waals surface area contributed by atoms with E-state index in [1.807, 2.05) is 30.3 Å². The van der Waals surface area contributed by atoms with Crippen molar-refractivity contribution >= 4 is 5.91 Å². The Balaban J connectivity index is 1.72. The lowest BCUT2D eigenvalue weighted by Gasteiger charge is -2.20. The second kappa shape index (κ2) is 9.78. The number of rotatable bonds is 8. The summed E-state index contributed by atoms with van der Waals surface area (Å²) in [7, 11) is 0. The molecule has 6 heteroatoms. The van der Waals surface area contributed by atoms with Crippen molar-refractivity contribution in [2.24, 2.45) is 0 Å². The highest BCUT2D eigenvalue weighted by Gasteiger charge is 2.17. The normalized spacial score (nSPS) is 11.9. The van der Waals surface area contributed by atoms with Crippen molar-refractivity contribution in [2.45, 2.75) is 25.5 Å². The van der Waals surface area contributed by atoms with Crippen LogP contribution in [-0.4, -0.2) is 12.5 Å². The maximum Gasteiger partial charge on any atom is 0.387 e. The molecule has 1 N–H and O–H groups in total. The van der Waals surface area contributed by atoms with Gasteiger partial charge in [0.05, 0.1) is 6.04 Å². The van der Waals surface area contributed by atoms with Crippen molar-refractivity contribution in [3.63, 3.8) is 0 Å². The van der Waals surface area contributed by atoms with Crippen LogP contribution in [0.3, 0.4) is 0 Å². The first-order chi connectivity index (χ1) is 14.0. The van der Waals surface area contributed by atoms with Crippen LogP contribution in [0.5, 0.6) is 5.75 Å². The van der Waals surface area contributed by atoms with E-state index < -0.39 is 12.7 Å². The zero-order valence-electron chi connectivity index (χ0n) is 15.5. The maximum absolute atomic E-state index is 13.0. The van der Waals surface area contributed by atoms with Crippen molar-refractivity contribution in [3.8, 4) is 5.75 Å². The van der Waals surface area contributed by atoms with Gasteiger partial charge in [0.2, 0.25) is 5.91 Å². The van der Waals surface area contributed by atoms with E-state index in [2.05, 4.69) is 10.1 Å². The number of hydrogen-bond donors (Lipinski definition) is 1. The van der Waals surface area contributed by atoms with E-state index in [0.29, 0.717) is 6.42 Å². The van der Waals surface area contributed by atoms with Crippen molar-refractivity contribution < 1.29 is 22.7 Å². The van der Waals surface area contributed by atoms with Gasteiger partial charge in [-0.25, -0.2) is 4.39 Å². The summed E-state index contributed by atoms with van der Waals surface area (Å²) in [4.78, 5) is 12.5. The summed E-state index contributed by atoms with van der Waals surface area (Å²) in [6, 6.07) is 21.2. The number of halogens is 3. The molecule has 0 heterocycles. The number of hydrogen-bond acceptors (Lipinski definition) is 2. The number of amides is 1. The zero-order valence-corrected chi connectivity index (χ0v) is 15.5. The monoisotopic (exact) mass is 399 g/mol. The van der Waals surface area contributed by atoms with E-state index in [1.54, 1.807) is 24.3 Å². The molecule has 0 aliphatic carbocycles. The topological polar surface area (TPSA) is 38.3 Å². The molecule has 3 aromatic carbocycles. The Kier molecular flexibility index (Phi) is 6.89. The average molecular weight is 399 g/mol. The summed E-state index contributed by atoms with van der Waals surface area (Å²) in [5.41, 5.74) is 2.48. The Bertz CT molecular complexity index is 913. The summed E-state index contributed by atoms with van der Waals surface area (Å²) >= 11 is 0. The number of carbonyl (C=O) groups excluding carboxylic acids is 1. The highest BCUT2D eigenvalue weighted by atomic mass is 19.3. The molecule has 150 valence electrons. The molecule has 1 amide bonds. The van der Waals surface area contributed by atoms with Crippen LogP contribution in [0.25, 0.3) is 0 Å². The van der Waals surface area contributed by atoms with Crippen LogP contribution >= 0.6 is 0 Å². The second-order valence-corrected chi connectivity index (χ2v) is 6.49. The highest BCUT2D eigenvalue weighted by Crippen LogP contribution is 2.25. The number of aryl methyl sites for hydroxylation is 1. The number of alkyl halides is 2. The summed E-state index contributed by atoms with van der Waals surface area (Å²) in [6.45, 7) is -2.89. The number of benzene rings is 3. The lowest BCUT2D eigenvalue weighted by Crippen LogP contribution is -2.29. The molecular formula is C23H20F3NO2. The summed E-state index contributed by atoms with van der Waals surface area (Å²) in [5.74, 6) is -0.434. The number of ether oxygens (including phenoxy) is 1. The van der Waals surface area contributed by atoms with Gasteiger partial charge in [-0.15, -0.1) is 0 Å². The summed E-state index contributed by atoms with van der Waals surface area (Å²) in [5, 5.41) is 2.99. The van der Waals surface area contributed by atoms with Crippen LogP contribution in [0.1, 0.15) is 29.2 Å². The fourth-order valence-corrected chi connectivity index (χ4v) is 2.99. The van der Waals surface area contributed by atoms with Crippen molar-refractivity contribution in [2.75, 3.05) is 0 Å². The highest BCUT2D eigenvalue weighted by molar-refractivity contribution is 5.77. The number of carbonyl (C=O) groups is 1. The van der Waals surface area contributed by atoms with Gasteiger partial charge in [-0.2, -0.15) is 8.78 Å². The third-order valence-electron chi connectivity index (χ3n) is 4.43. The molecule has 29 heavy (non-hydrogen) atoms. The second-order valence-electron chi connectivity index (χ2n) is 6.49. The Hall–Kier alpha value is -3.28. The quantitative estimate of drug-likeness (QED) is 0.561. The minimum absolute atomic E-state index is 0.0539. The first kappa shape index (κ1) is 20.5. The molecule has 0 spiro atoms. The maximum atomic E-state index is 13.0. The first-order valence-electron chi connectivity index (χ1n) is 9.15. The molecule has 0 bridgehead atoms. The summed E-state index contributed by atoms with van der Waals surface area (Å²) in [6.07, 6.45) is 0.719. The van der Waals surface area contributed by atoms with Gasteiger partial charge in [0, 0.05) is 6.42 Å². The molecule has 3 rings (SSSR count). The minimum atomic E-state index is -2.89. The van der Waals surface area contributed by atoms with Crippen molar-refractivity contribution in [1.82, 2.24) is 5.32 Å². The molecule has 0 aliphatic heterocycles. The Morgan fingerprint density at radius 3 is 2.10 bits per heavy atom. The Morgan fingerprint density at radius 1 is 0.862 bits per heavy atom. The fraction of sp³-hybridized carbons (Fsp3) is 0.174. The van der Waals surface area contributed by atoms with Gasteiger partial charge in [0.1, 0.15) is 11.6 Å². The fourth-order valence-electron chi connectivity index (χ4n) is 2.99. The van der Waals surface area contributed by atoms with Gasteiger partial charge in [0.15, 0.2) is 0 Å². The minimum Gasteiger partial charge on any atom is -0.435 e. The molecule has 0 aromatic heterocycles. The lowest BCUT2D eigenvalue weighted by molar-refractivity contribution is -0.121. The Morgan fingerprint density at radius 2 is 1.48 bits per heavy atom. The third kappa shape index (κ3) is 6.10. The van der Waals surface area contributed by atoms with Gasteiger partial charge >= 0.3 is 6.61 Å². The molecule has 0 fully saturated rings. The molecule has 0 saturated carbocycles. The van der Waals surface area contributed by atoms with Crippen LogP contribution in [0.4, 0.5) is 13.2 Å². The van der Waals surface area contributed by atoms with E-state index >= 15 is 0 Å². The molecule has 0 aliphatic rings. The van der Waals surface area contributed by atoms with Crippen LogP contribution in [0.2, 0.25) is 0 Å². The van der Waals surface area contributed by atoms with E-state index in [9.17, 15) is 18.0 Å². The molecule has 3 aromatic rings. The van der Waals surface area contributed by atoms with Gasteiger partial charge in [-0.1, -0.05) is 54.6 Å². The predicted molar refractivity (Wildman–Crippen MR) is 104 cm³/mol. The largest absolute Gasteiger partial charge is 0.435 e. The summed E-state index contributed by atoms with van der Waals surface area (Å²) < 4.78 is 42.1. The van der Waals surface area contributed by atoms with Crippen LogP contribution in [0, 0.1) is 5.82 Å². The van der Waals surface area contributed by atoms with Crippen LogP contribution in [-0.2, 0) is 11.2 Å². The van der Waals surface area contributed by atoms with Crippen LogP contribution in [0.15, 0.2) is 78.9 Å². The molecule has 1 unspecified atom stereocenters. The predicted octanol–water partition coefficient (Wildman–Crippen LogP) is 5.27. The molecular weight excluding hydrogens is 379 g/mol. The van der Waals surface area contributed by atoms with Crippen LogP contribution < -0.4 is 10.1 Å². The molecule has 0 saturated heterocycles. The van der Waals surface area contributed by atoms with Crippen molar-refractivity contribution in [3.05, 3.63) is 101 Å². The first-order valence-corrected chi connectivity index (χ1v) is 9.15. The van der Waals surface area contributed by atoms with Gasteiger partial charge < -0.3 is 10.1 Å². The molecule has 0 radical (unpaired) electrons. The smallest absolute Gasteiger partial charge is 0.387 e. The molecule has 3 nitrogen and oxygen atoms in total. The number of nitrogens with one attached hydrogen (secondary N) is 1. The standard InChI is InChI=1S/C23H20F3NO2/c24-19-11-6-16(7-12-19)8-15-21(28)27-22(17-4-2-1-3-5-17)18-9-13-20(14-10-18)29-23(25)26/h1-7,9-14,22-23H,8,15H2,(H,27,28).